The third-order valence-corrected chi connectivity index (χ3v) is 15.5. The standard InChI is InChI=1S/C23H16O3.C22H14O3.C19H18O3.C16H12O2/c1-2-15-9-11-17(12-10-15)23(25)26-14-19-13-18-7-3-5-16-6-4-8-20(21(16)18)22(19)24;1-2-14-9-11-16(12-10-14)22(24)25-20-13-19(23)17-7-3-5-15-6-4-8-18(20)21(15)17;1-2-9-21-10-11-22-13-16-12-15-7-3-5-14-6-4-8-17(18(14)15)19(16)20;1-2-9-18-15-10-14(17)12-7-3-5-11-6-4-8-13(15)16(11)12/h2-13H,1,14H2;2-13H,1H2;2-8,12H,1,9-11,13H2;2-8,10H,1,9H2. The van der Waals surface area contributed by atoms with Crippen molar-refractivity contribution in [3.63, 3.8) is 0 Å². The van der Waals surface area contributed by atoms with Crippen molar-refractivity contribution in [2.75, 3.05) is 39.6 Å². The molecule has 0 fully saturated rings. The predicted octanol–water partition coefficient (Wildman–Crippen LogP) is 17.0. The third-order valence-electron chi connectivity index (χ3n) is 15.5. The Kier molecular flexibility index (Phi) is 18.9. The first-order valence-electron chi connectivity index (χ1n) is 29.4. The van der Waals surface area contributed by atoms with E-state index in [-0.39, 0.29) is 35.5 Å². The molecule has 4 aliphatic carbocycles. The van der Waals surface area contributed by atoms with Gasteiger partial charge in [-0.15, -0.1) is 6.58 Å². The fourth-order valence-electron chi connectivity index (χ4n) is 11.2. The van der Waals surface area contributed by atoms with Gasteiger partial charge in [0.2, 0.25) is 0 Å². The smallest absolute Gasteiger partial charge is 0.343 e. The van der Waals surface area contributed by atoms with Crippen LogP contribution in [0.5, 0.6) is 0 Å². The van der Waals surface area contributed by atoms with Gasteiger partial charge in [0.05, 0.1) is 37.6 Å². The lowest BCUT2D eigenvalue weighted by Crippen LogP contribution is -2.16. The summed E-state index contributed by atoms with van der Waals surface area (Å²) in [5, 5.41) is 7.92. The molecule has 10 aromatic rings. The highest BCUT2D eigenvalue weighted by Gasteiger charge is 2.26. The van der Waals surface area contributed by atoms with E-state index in [1.165, 1.54) is 6.08 Å². The zero-order chi connectivity index (χ0) is 63.4. The summed E-state index contributed by atoms with van der Waals surface area (Å²) in [6.45, 7) is 16.7. The highest BCUT2D eigenvalue weighted by molar-refractivity contribution is 6.25. The van der Waals surface area contributed by atoms with E-state index in [1.54, 1.807) is 85.0 Å². The fourth-order valence-corrected chi connectivity index (χ4v) is 11.2. The van der Waals surface area contributed by atoms with Gasteiger partial charge in [0.1, 0.15) is 24.7 Å². The van der Waals surface area contributed by atoms with Gasteiger partial charge in [-0.3, -0.25) is 19.2 Å². The Hall–Kier alpha value is -11.5. The van der Waals surface area contributed by atoms with Gasteiger partial charge in [-0.2, -0.15) is 0 Å². The Labute approximate surface area is 526 Å². The molecule has 0 heterocycles. The van der Waals surface area contributed by atoms with Gasteiger partial charge >= 0.3 is 11.9 Å². The van der Waals surface area contributed by atoms with Crippen molar-refractivity contribution in [2.24, 2.45) is 0 Å². The Morgan fingerprint density at radius 2 is 0.769 bits per heavy atom. The lowest BCUT2D eigenvalue weighted by Gasteiger charge is -2.17. The number of allylic oxidation sites excluding steroid dienone is 2. The number of hydrogen-bond donors (Lipinski definition) is 0. The number of hydrogen-bond acceptors (Lipinski definition) is 11. The van der Waals surface area contributed by atoms with E-state index < -0.39 is 11.9 Å². The van der Waals surface area contributed by atoms with Crippen molar-refractivity contribution in [2.45, 2.75) is 0 Å². The molecule has 446 valence electrons. The van der Waals surface area contributed by atoms with E-state index >= 15 is 0 Å². The third kappa shape index (κ3) is 13.4. The zero-order valence-corrected chi connectivity index (χ0v) is 49.7. The van der Waals surface area contributed by atoms with Crippen LogP contribution in [-0.2, 0) is 23.7 Å². The number of ether oxygens (including phenoxy) is 5. The van der Waals surface area contributed by atoms with Crippen LogP contribution in [0.3, 0.4) is 0 Å². The second kappa shape index (κ2) is 28.1. The molecule has 0 radical (unpaired) electrons. The monoisotopic (exact) mass is 1200 g/mol. The van der Waals surface area contributed by atoms with Crippen molar-refractivity contribution in [3.8, 4) is 0 Å². The molecule has 11 heteroatoms. The Morgan fingerprint density at radius 3 is 1.24 bits per heavy atom. The van der Waals surface area contributed by atoms with Gasteiger partial charge in [0.25, 0.3) is 0 Å². The molecule has 0 saturated heterocycles. The van der Waals surface area contributed by atoms with Gasteiger partial charge < -0.3 is 23.7 Å². The average Bonchev–Trinajstić information content (AvgIpc) is 0.872. The summed E-state index contributed by atoms with van der Waals surface area (Å²) in [7, 11) is 0. The number of benzene rings is 10. The van der Waals surface area contributed by atoms with E-state index in [0.29, 0.717) is 72.2 Å². The molecule has 10 aromatic carbocycles. The van der Waals surface area contributed by atoms with Crippen LogP contribution in [0, 0.1) is 0 Å². The van der Waals surface area contributed by atoms with Gasteiger partial charge in [-0.05, 0) is 80.2 Å². The minimum Gasteiger partial charge on any atom is -0.489 e. The number of Topliss-reactive ketones (excluding diaryl/α,β-unsaturated/α-hetero) is 2. The van der Waals surface area contributed by atoms with Crippen LogP contribution in [0.15, 0.2) is 256 Å². The van der Waals surface area contributed by atoms with Gasteiger partial charge in [-0.1, -0.05) is 214 Å². The molecule has 4 aliphatic rings. The summed E-state index contributed by atoms with van der Waals surface area (Å²) in [6, 6.07) is 60.4. The van der Waals surface area contributed by atoms with Crippen molar-refractivity contribution < 1.29 is 52.5 Å². The van der Waals surface area contributed by atoms with Crippen LogP contribution >= 0.6 is 0 Å². The van der Waals surface area contributed by atoms with Crippen LogP contribution in [0.1, 0.15) is 95.5 Å². The molecule has 0 aliphatic heterocycles. The number of carbonyl (C=O) groups is 6. The van der Waals surface area contributed by atoms with Crippen molar-refractivity contribution >= 4 is 114 Å². The van der Waals surface area contributed by atoms with E-state index in [9.17, 15) is 28.8 Å². The summed E-state index contributed by atoms with van der Waals surface area (Å²) >= 11 is 0. The van der Waals surface area contributed by atoms with Gasteiger partial charge in [0, 0.05) is 78.2 Å². The maximum absolute atomic E-state index is 12.8. The van der Waals surface area contributed by atoms with Gasteiger partial charge in [-0.25, -0.2) is 9.59 Å². The molecule has 0 unspecified atom stereocenters. The minimum absolute atomic E-state index is 0.00152. The lowest BCUT2D eigenvalue weighted by atomic mass is 9.88. The summed E-state index contributed by atoms with van der Waals surface area (Å²) in [5.41, 5.74) is 10.4. The Balaban J connectivity index is 0.000000126. The average molecular weight is 1200 g/mol. The maximum Gasteiger partial charge on any atom is 0.343 e. The molecule has 0 N–H and O–H groups in total. The van der Waals surface area contributed by atoms with Crippen LogP contribution in [-0.4, -0.2) is 74.7 Å². The van der Waals surface area contributed by atoms with Crippen LogP contribution in [0.4, 0.5) is 0 Å². The van der Waals surface area contributed by atoms with E-state index in [1.807, 2.05) is 152 Å². The minimum atomic E-state index is -0.494. The lowest BCUT2D eigenvalue weighted by molar-refractivity contribution is 0.0536. The quantitative estimate of drug-likeness (QED) is 0.0487. The second-order valence-corrected chi connectivity index (χ2v) is 21.3. The molecular formula is C80H60O11. The highest BCUT2D eigenvalue weighted by Crippen LogP contribution is 2.37. The first-order valence-corrected chi connectivity index (χ1v) is 29.4. The molecule has 91 heavy (non-hydrogen) atoms. The number of rotatable bonds is 17. The molecule has 11 nitrogen and oxygen atoms in total. The molecule has 0 saturated carbocycles. The molecular weight excluding hydrogens is 1140 g/mol. The molecule has 0 amide bonds. The molecule has 0 aromatic heterocycles. The Bertz CT molecular complexity index is 4720. The van der Waals surface area contributed by atoms with Crippen molar-refractivity contribution in [3.05, 3.63) is 323 Å². The zero-order valence-electron chi connectivity index (χ0n) is 49.7. The second-order valence-electron chi connectivity index (χ2n) is 21.3. The van der Waals surface area contributed by atoms with Crippen LogP contribution in [0.25, 0.3) is 78.9 Å². The normalized spacial score (nSPS) is 12.9. The van der Waals surface area contributed by atoms with Crippen LogP contribution in [0.2, 0.25) is 0 Å². The van der Waals surface area contributed by atoms with E-state index in [4.69, 9.17) is 23.7 Å². The summed E-state index contributed by atoms with van der Waals surface area (Å²) in [4.78, 5) is 74.5. The van der Waals surface area contributed by atoms with Crippen LogP contribution < -0.4 is 0 Å². The van der Waals surface area contributed by atoms with E-state index in [2.05, 4.69) is 26.3 Å². The number of ketones is 4. The largest absolute Gasteiger partial charge is 0.489 e. The van der Waals surface area contributed by atoms with Crippen molar-refractivity contribution in [1.82, 2.24) is 0 Å². The highest BCUT2D eigenvalue weighted by atomic mass is 16.5. The maximum atomic E-state index is 12.8. The predicted molar refractivity (Wildman–Crippen MR) is 362 cm³/mol. The first kappa shape index (κ1) is 61.2. The topological polar surface area (TPSA) is 149 Å². The van der Waals surface area contributed by atoms with Crippen molar-refractivity contribution in [1.29, 1.82) is 0 Å². The number of esters is 2. The molecule has 0 bridgehead atoms. The first-order chi connectivity index (χ1) is 44.5. The molecule has 14 rings (SSSR count). The number of carbonyl (C=O) groups excluding carboxylic acids is 6. The molecule has 0 spiro atoms. The summed E-state index contributed by atoms with van der Waals surface area (Å²) < 4.78 is 27.3. The SMILES string of the molecule is C=CCOC1=CC(=O)c2cccc3cccc1c23.C=CCOCCOCC1=Cc2cccc3cccc(c23)C1=O.C=Cc1ccc(C(=O)OC2=CC(=O)c3cccc4cccc2c34)cc1.C=Cc1ccc(C(=O)OCC2=Cc3cccc4cccc(c34)C2=O)cc1. The summed E-state index contributed by atoms with van der Waals surface area (Å²) in [6.07, 6.45) is 13.5. The van der Waals surface area contributed by atoms with E-state index in [0.717, 1.165) is 87.6 Å². The Morgan fingerprint density at radius 1 is 0.374 bits per heavy atom. The molecule has 0 atom stereocenters. The fraction of sp³-hybridized carbons (Fsp3) is 0.0750. The summed E-state index contributed by atoms with van der Waals surface area (Å²) in [5.74, 6) is -0.235. The van der Waals surface area contributed by atoms with Gasteiger partial charge in [0.15, 0.2) is 23.1 Å².